The number of nitrogens with two attached hydrogens (primary N) is 1. The zero-order valence-corrected chi connectivity index (χ0v) is 12.3. The number of nitrogens with zero attached hydrogens (tertiary/aromatic N) is 2. The molecule has 0 spiro atoms. The number of unbranched alkanes of at least 4 members (excludes halogenated alkanes) is 1. The number of rotatable bonds is 6. The fraction of sp³-hybridized carbons (Fsp3) is 0.353. The fourth-order valence-corrected chi connectivity index (χ4v) is 2.27. The number of pyridine rings is 1. The number of hydrogen-bond donors (Lipinski definition) is 1. The minimum Gasteiger partial charge on any atom is -0.326 e. The first-order chi connectivity index (χ1) is 9.74. The molecule has 0 fully saturated rings. The van der Waals surface area contributed by atoms with E-state index < -0.39 is 0 Å². The molecule has 0 saturated carbocycles. The van der Waals surface area contributed by atoms with Crippen molar-refractivity contribution >= 4 is 11.5 Å². The van der Waals surface area contributed by atoms with Gasteiger partial charge in [0, 0.05) is 30.0 Å². The van der Waals surface area contributed by atoms with Gasteiger partial charge >= 0.3 is 0 Å². The third-order valence-electron chi connectivity index (χ3n) is 3.37. The topological polar surface area (TPSA) is 42.2 Å². The van der Waals surface area contributed by atoms with E-state index in [4.69, 9.17) is 5.73 Å². The molecule has 0 aliphatic carbocycles. The quantitative estimate of drug-likeness (QED) is 0.860. The molecule has 0 aliphatic rings. The lowest BCUT2D eigenvalue weighted by Gasteiger charge is -2.27. The van der Waals surface area contributed by atoms with Crippen LogP contribution < -0.4 is 10.6 Å². The molecular formula is C17H23N3. The fourth-order valence-electron chi connectivity index (χ4n) is 2.27. The van der Waals surface area contributed by atoms with Crippen LogP contribution in [-0.2, 0) is 0 Å². The van der Waals surface area contributed by atoms with Crippen molar-refractivity contribution in [1.29, 1.82) is 0 Å². The minimum absolute atomic E-state index is 0.0217. The predicted octanol–water partition coefficient (Wildman–Crippen LogP) is 4.04. The molecule has 1 aromatic carbocycles. The maximum absolute atomic E-state index is 6.09. The van der Waals surface area contributed by atoms with Crippen LogP contribution in [0.25, 0.3) is 0 Å². The average Bonchev–Trinajstić information content (AvgIpc) is 2.49. The Kier molecular flexibility index (Phi) is 5.13. The van der Waals surface area contributed by atoms with Crippen LogP contribution in [0, 0.1) is 0 Å². The summed E-state index contributed by atoms with van der Waals surface area (Å²) in [7, 11) is 0. The first-order valence-electron chi connectivity index (χ1n) is 7.27. The van der Waals surface area contributed by atoms with E-state index in [0.29, 0.717) is 0 Å². The van der Waals surface area contributed by atoms with Gasteiger partial charge in [0.1, 0.15) is 5.82 Å². The number of anilines is 2. The van der Waals surface area contributed by atoms with Crippen molar-refractivity contribution in [3.05, 3.63) is 54.2 Å². The van der Waals surface area contributed by atoms with Gasteiger partial charge in [-0.15, -0.1) is 0 Å². The van der Waals surface area contributed by atoms with Gasteiger partial charge in [0.2, 0.25) is 0 Å². The van der Waals surface area contributed by atoms with Gasteiger partial charge in [0.05, 0.1) is 0 Å². The molecule has 106 valence electrons. The number of aromatic nitrogens is 1. The molecule has 0 amide bonds. The maximum Gasteiger partial charge on any atom is 0.137 e. The Morgan fingerprint density at radius 3 is 2.55 bits per heavy atom. The molecule has 0 unspecified atom stereocenters. The molecule has 0 bridgehead atoms. The Bertz CT molecular complexity index is 523. The summed E-state index contributed by atoms with van der Waals surface area (Å²) in [5.74, 6) is 0.974. The van der Waals surface area contributed by atoms with Gasteiger partial charge in [0.15, 0.2) is 0 Å². The van der Waals surface area contributed by atoms with E-state index in [-0.39, 0.29) is 6.04 Å². The van der Waals surface area contributed by atoms with E-state index >= 15 is 0 Å². The van der Waals surface area contributed by atoms with Gasteiger partial charge in [-0.2, -0.15) is 0 Å². The molecule has 2 aromatic rings. The third kappa shape index (κ3) is 3.36. The lowest BCUT2D eigenvalue weighted by atomic mass is 10.1. The maximum atomic E-state index is 6.09. The molecule has 0 radical (unpaired) electrons. The van der Waals surface area contributed by atoms with Gasteiger partial charge in [-0.25, -0.2) is 4.98 Å². The SMILES string of the molecule is CCCCN(c1ccccc1)c1ncccc1[C@@H](C)N. The molecule has 20 heavy (non-hydrogen) atoms. The van der Waals surface area contributed by atoms with Crippen molar-refractivity contribution in [2.75, 3.05) is 11.4 Å². The Labute approximate surface area is 121 Å². The van der Waals surface area contributed by atoms with Crippen molar-refractivity contribution in [2.24, 2.45) is 5.73 Å². The van der Waals surface area contributed by atoms with Gasteiger partial charge < -0.3 is 10.6 Å². The van der Waals surface area contributed by atoms with E-state index in [9.17, 15) is 0 Å². The third-order valence-corrected chi connectivity index (χ3v) is 3.37. The van der Waals surface area contributed by atoms with Crippen LogP contribution in [0.2, 0.25) is 0 Å². The first kappa shape index (κ1) is 14.5. The van der Waals surface area contributed by atoms with Crippen LogP contribution in [0.15, 0.2) is 48.7 Å². The van der Waals surface area contributed by atoms with Crippen LogP contribution in [-0.4, -0.2) is 11.5 Å². The van der Waals surface area contributed by atoms with Crippen LogP contribution in [0.1, 0.15) is 38.3 Å². The number of para-hydroxylation sites is 1. The second-order valence-corrected chi connectivity index (χ2v) is 5.05. The van der Waals surface area contributed by atoms with Crippen molar-refractivity contribution in [1.82, 2.24) is 4.98 Å². The van der Waals surface area contributed by atoms with E-state index in [1.807, 2.05) is 25.3 Å². The van der Waals surface area contributed by atoms with E-state index in [0.717, 1.165) is 30.8 Å². The average molecular weight is 269 g/mol. The van der Waals surface area contributed by atoms with Gasteiger partial charge in [-0.3, -0.25) is 0 Å². The zero-order valence-electron chi connectivity index (χ0n) is 12.3. The van der Waals surface area contributed by atoms with Gasteiger partial charge in [-0.05, 0) is 31.5 Å². The molecule has 1 aromatic heterocycles. The van der Waals surface area contributed by atoms with Gasteiger partial charge in [0.25, 0.3) is 0 Å². The highest BCUT2D eigenvalue weighted by atomic mass is 15.2. The Balaban J connectivity index is 2.41. The highest BCUT2D eigenvalue weighted by Gasteiger charge is 2.16. The monoisotopic (exact) mass is 269 g/mol. The summed E-state index contributed by atoms with van der Waals surface area (Å²) >= 11 is 0. The normalized spacial score (nSPS) is 12.2. The Hall–Kier alpha value is -1.87. The summed E-state index contributed by atoms with van der Waals surface area (Å²) in [6, 6.07) is 14.4. The van der Waals surface area contributed by atoms with E-state index in [2.05, 4.69) is 47.1 Å². The molecule has 0 saturated heterocycles. The predicted molar refractivity (Wildman–Crippen MR) is 85.2 cm³/mol. The first-order valence-corrected chi connectivity index (χ1v) is 7.27. The van der Waals surface area contributed by atoms with Gasteiger partial charge in [-0.1, -0.05) is 37.6 Å². The molecule has 2 N–H and O–H groups in total. The molecule has 0 aliphatic heterocycles. The lowest BCUT2D eigenvalue weighted by Crippen LogP contribution is -2.22. The van der Waals surface area contributed by atoms with Crippen LogP contribution in [0.3, 0.4) is 0 Å². The summed E-state index contributed by atoms with van der Waals surface area (Å²) in [5.41, 5.74) is 8.35. The molecular weight excluding hydrogens is 246 g/mol. The highest BCUT2D eigenvalue weighted by Crippen LogP contribution is 2.29. The highest BCUT2D eigenvalue weighted by molar-refractivity contribution is 5.63. The minimum atomic E-state index is -0.0217. The van der Waals surface area contributed by atoms with Crippen molar-refractivity contribution in [2.45, 2.75) is 32.7 Å². The smallest absolute Gasteiger partial charge is 0.137 e. The summed E-state index contributed by atoms with van der Waals surface area (Å²) in [5, 5.41) is 0. The van der Waals surface area contributed by atoms with Crippen LogP contribution in [0.5, 0.6) is 0 Å². The largest absolute Gasteiger partial charge is 0.326 e. The second kappa shape index (κ2) is 7.06. The number of benzene rings is 1. The summed E-state index contributed by atoms with van der Waals surface area (Å²) in [6.45, 7) is 5.16. The number of hydrogen-bond acceptors (Lipinski definition) is 3. The molecule has 1 heterocycles. The summed E-state index contributed by atoms with van der Waals surface area (Å²) < 4.78 is 0. The Morgan fingerprint density at radius 1 is 1.15 bits per heavy atom. The van der Waals surface area contributed by atoms with Crippen molar-refractivity contribution in [3.8, 4) is 0 Å². The molecule has 2 rings (SSSR count). The summed E-state index contributed by atoms with van der Waals surface area (Å²) in [4.78, 5) is 6.84. The Morgan fingerprint density at radius 2 is 1.90 bits per heavy atom. The van der Waals surface area contributed by atoms with E-state index in [1.165, 1.54) is 5.69 Å². The van der Waals surface area contributed by atoms with Crippen molar-refractivity contribution in [3.63, 3.8) is 0 Å². The zero-order chi connectivity index (χ0) is 14.4. The summed E-state index contributed by atoms with van der Waals surface area (Å²) in [6.07, 6.45) is 4.12. The molecule has 3 nitrogen and oxygen atoms in total. The molecule has 3 heteroatoms. The molecule has 1 atom stereocenters. The second-order valence-electron chi connectivity index (χ2n) is 5.05. The standard InChI is InChI=1S/C17H23N3/c1-3-4-13-20(15-9-6-5-7-10-15)17-16(14(2)18)11-8-12-19-17/h5-12,14H,3-4,13,18H2,1-2H3/t14-/m1/s1. The van der Waals surface area contributed by atoms with Crippen LogP contribution in [0.4, 0.5) is 11.5 Å². The van der Waals surface area contributed by atoms with E-state index in [1.54, 1.807) is 0 Å². The lowest BCUT2D eigenvalue weighted by molar-refractivity contribution is 0.758. The van der Waals surface area contributed by atoms with Crippen molar-refractivity contribution < 1.29 is 0 Å². The van der Waals surface area contributed by atoms with Crippen LogP contribution >= 0.6 is 0 Å².